The number of rotatable bonds is 6. The third kappa shape index (κ3) is 4.32. The van der Waals surface area contributed by atoms with E-state index in [1.165, 1.54) is 6.33 Å². The fraction of sp³-hybridized carbons (Fsp3) is 0.222. The lowest BCUT2D eigenvalue weighted by Gasteiger charge is -2.09. The third-order valence-corrected chi connectivity index (χ3v) is 5.49. The summed E-state index contributed by atoms with van der Waals surface area (Å²) in [4.78, 5) is 4.20. The highest BCUT2D eigenvalue weighted by Gasteiger charge is 2.14. The van der Waals surface area contributed by atoms with Gasteiger partial charge in [-0.05, 0) is 48.2 Å². The average Bonchev–Trinajstić information content (AvgIpc) is 3.10. The Morgan fingerprint density at radius 2 is 1.72 bits per heavy atom. The molecule has 1 aromatic heterocycles. The zero-order valence-corrected chi connectivity index (χ0v) is 15.0. The normalized spacial score (nSPS) is 11.6. The minimum Gasteiger partial charge on any atom is -0.249 e. The summed E-state index contributed by atoms with van der Waals surface area (Å²) in [7, 11) is -3.52. The average molecular weight is 356 g/mol. The molecule has 0 saturated carbocycles. The second-order valence-electron chi connectivity index (χ2n) is 5.98. The number of hydrogen-bond donors (Lipinski definition) is 1. The summed E-state index contributed by atoms with van der Waals surface area (Å²) in [6.07, 6.45) is 3.15. The van der Waals surface area contributed by atoms with Gasteiger partial charge in [0.25, 0.3) is 0 Å². The van der Waals surface area contributed by atoms with Crippen molar-refractivity contribution in [1.29, 1.82) is 0 Å². The Hall–Kier alpha value is -2.51. The van der Waals surface area contributed by atoms with E-state index in [1.807, 2.05) is 44.2 Å². The van der Waals surface area contributed by atoms with E-state index in [2.05, 4.69) is 14.8 Å². The van der Waals surface area contributed by atoms with Crippen molar-refractivity contribution in [3.05, 3.63) is 77.4 Å². The SMILES string of the molecule is Cc1ccc(S(=O)(=O)NCc2ccc(Cn3cncn3)cc2)cc1C. The molecule has 2 aromatic carbocycles. The summed E-state index contributed by atoms with van der Waals surface area (Å²) in [5, 5.41) is 4.06. The molecule has 1 N–H and O–H groups in total. The molecular weight excluding hydrogens is 336 g/mol. The Morgan fingerprint density at radius 3 is 2.36 bits per heavy atom. The summed E-state index contributed by atoms with van der Waals surface area (Å²) in [5.74, 6) is 0. The zero-order valence-electron chi connectivity index (χ0n) is 14.2. The Bertz CT molecular complexity index is 949. The van der Waals surface area contributed by atoms with Crippen molar-refractivity contribution in [3.63, 3.8) is 0 Å². The molecule has 0 unspecified atom stereocenters. The van der Waals surface area contributed by atoms with Crippen LogP contribution in [-0.4, -0.2) is 23.2 Å². The van der Waals surface area contributed by atoms with Crippen molar-refractivity contribution in [2.75, 3.05) is 0 Å². The predicted octanol–water partition coefficient (Wildman–Crippen LogP) is 2.42. The van der Waals surface area contributed by atoms with E-state index in [4.69, 9.17) is 0 Å². The molecule has 0 bridgehead atoms. The Kier molecular flexibility index (Phi) is 4.96. The first kappa shape index (κ1) is 17.3. The smallest absolute Gasteiger partial charge is 0.240 e. The van der Waals surface area contributed by atoms with Crippen LogP contribution in [0, 0.1) is 13.8 Å². The van der Waals surface area contributed by atoms with Gasteiger partial charge in [0.15, 0.2) is 0 Å². The molecule has 3 rings (SSSR count). The number of nitrogens with zero attached hydrogens (tertiary/aromatic N) is 3. The monoisotopic (exact) mass is 356 g/mol. The summed E-state index contributed by atoms with van der Waals surface area (Å²) in [6.45, 7) is 4.75. The fourth-order valence-corrected chi connectivity index (χ4v) is 3.51. The maximum Gasteiger partial charge on any atom is 0.240 e. The van der Waals surface area contributed by atoms with E-state index < -0.39 is 10.0 Å². The standard InChI is InChI=1S/C18H20N4O2S/c1-14-3-8-18(9-15(14)2)25(23,24)21-10-16-4-6-17(7-5-16)11-22-13-19-12-20-22/h3-9,12-13,21H,10-11H2,1-2H3. The predicted molar refractivity (Wildman–Crippen MR) is 95.5 cm³/mol. The maximum atomic E-state index is 12.4. The molecule has 0 atom stereocenters. The molecule has 0 radical (unpaired) electrons. The van der Waals surface area contributed by atoms with Gasteiger partial charge in [0.2, 0.25) is 10.0 Å². The van der Waals surface area contributed by atoms with Crippen LogP contribution in [-0.2, 0) is 23.1 Å². The molecule has 0 amide bonds. The Morgan fingerprint density at radius 1 is 1.00 bits per heavy atom. The molecule has 0 fully saturated rings. The number of aromatic nitrogens is 3. The van der Waals surface area contributed by atoms with Crippen LogP contribution in [0.2, 0.25) is 0 Å². The Labute approximate surface area is 147 Å². The van der Waals surface area contributed by atoms with E-state index in [-0.39, 0.29) is 6.54 Å². The lowest BCUT2D eigenvalue weighted by molar-refractivity contribution is 0.581. The molecule has 7 heteroatoms. The summed E-state index contributed by atoms with van der Waals surface area (Å²) in [6, 6.07) is 12.9. The number of benzene rings is 2. The molecule has 0 aliphatic rings. The van der Waals surface area contributed by atoms with Crippen molar-refractivity contribution in [3.8, 4) is 0 Å². The van der Waals surface area contributed by atoms with Gasteiger partial charge in [-0.2, -0.15) is 5.10 Å². The van der Waals surface area contributed by atoms with Gasteiger partial charge in [0.05, 0.1) is 11.4 Å². The van der Waals surface area contributed by atoms with Gasteiger partial charge in [-0.15, -0.1) is 0 Å². The van der Waals surface area contributed by atoms with Crippen LogP contribution in [0.25, 0.3) is 0 Å². The molecule has 0 saturated heterocycles. The van der Waals surface area contributed by atoms with Gasteiger partial charge in [0, 0.05) is 6.54 Å². The van der Waals surface area contributed by atoms with Gasteiger partial charge in [0.1, 0.15) is 12.7 Å². The van der Waals surface area contributed by atoms with Gasteiger partial charge in [-0.1, -0.05) is 30.3 Å². The van der Waals surface area contributed by atoms with Crippen molar-refractivity contribution in [2.45, 2.75) is 31.8 Å². The van der Waals surface area contributed by atoms with E-state index >= 15 is 0 Å². The van der Waals surface area contributed by atoms with Crippen LogP contribution < -0.4 is 4.72 Å². The molecular formula is C18H20N4O2S. The number of aryl methyl sites for hydroxylation is 2. The third-order valence-electron chi connectivity index (χ3n) is 4.09. The van der Waals surface area contributed by atoms with Crippen LogP contribution in [0.15, 0.2) is 60.0 Å². The quantitative estimate of drug-likeness (QED) is 0.736. The minimum atomic E-state index is -3.52. The summed E-state index contributed by atoms with van der Waals surface area (Å²) >= 11 is 0. The highest BCUT2D eigenvalue weighted by molar-refractivity contribution is 7.89. The first-order chi connectivity index (χ1) is 11.9. The van der Waals surface area contributed by atoms with E-state index in [0.29, 0.717) is 11.4 Å². The van der Waals surface area contributed by atoms with Crippen LogP contribution in [0.4, 0.5) is 0 Å². The van der Waals surface area contributed by atoms with Crippen LogP contribution in [0.5, 0.6) is 0 Å². The first-order valence-electron chi connectivity index (χ1n) is 7.91. The number of nitrogens with one attached hydrogen (secondary N) is 1. The second kappa shape index (κ2) is 7.16. The van der Waals surface area contributed by atoms with Gasteiger partial charge in [-0.25, -0.2) is 22.8 Å². The molecule has 3 aromatic rings. The molecule has 130 valence electrons. The number of hydrogen-bond acceptors (Lipinski definition) is 4. The van der Waals surface area contributed by atoms with Crippen molar-refractivity contribution in [1.82, 2.24) is 19.5 Å². The second-order valence-corrected chi connectivity index (χ2v) is 7.75. The van der Waals surface area contributed by atoms with Crippen LogP contribution in [0.1, 0.15) is 22.3 Å². The highest BCUT2D eigenvalue weighted by atomic mass is 32.2. The van der Waals surface area contributed by atoms with Crippen molar-refractivity contribution < 1.29 is 8.42 Å². The highest BCUT2D eigenvalue weighted by Crippen LogP contribution is 2.15. The lowest BCUT2D eigenvalue weighted by Crippen LogP contribution is -2.23. The van der Waals surface area contributed by atoms with E-state index in [9.17, 15) is 8.42 Å². The van der Waals surface area contributed by atoms with Gasteiger partial charge < -0.3 is 0 Å². The van der Waals surface area contributed by atoms with Crippen molar-refractivity contribution in [2.24, 2.45) is 0 Å². The van der Waals surface area contributed by atoms with E-state index in [0.717, 1.165) is 22.3 Å². The topological polar surface area (TPSA) is 76.9 Å². The molecule has 0 aliphatic carbocycles. The van der Waals surface area contributed by atoms with E-state index in [1.54, 1.807) is 23.1 Å². The lowest BCUT2D eigenvalue weighted by atomic mass is 10.1. The summed E-state index contributed by atoms with van der Waals surface area (Å²) in [5.41, 5.74) is 4.00. The Balaban J connectivity index is 1.65. The number of sulfonamides is 1. The largest absolute Gasteiger partial charge is 0.249 e. The van der Waals surface area contributed by atoms with Gasteiger partial charge in [-0.3, -0.25) is 0 Å². The molecule has 6 nitrogen and oxygen atoms in total. The zero-order chi connectivity index (χ0) is 17.9. The molecule has 25 heavy (non-hydrogen) atoms. The van der Waals surface area contributed by atoms with Gasteiger partial charge >= 0.3 is 0 Å². The first-order valence-corrected chi connectivity index (χ1v) is 9.39. The fourth-order valence-electron chi connectivity index (χ4n) is 2.41. The minimum absolute atomic E-state index is 0.249. The molecule has 0 spiro atoms. The van der Waals surface area contributed by atoms with Crippen molar-refractivity contribution >= 4 is 10.0 Å². The van der Waals surface area contributed by atoms with Crippen LogP contribution >= 0.6 is 0 Å². The maximum absolute atomic E-state index is 12.4. The molecule has 0 aliphatic heterocycles. The van der Waals surface area contributed by atoms with Crippen LogP contribution in [0.3, 0.4) is 0 Å². The summed E-state index contributed by atoms with van der Waals surface area (Å²) < 4.78 is 29.2. The molecule has 1 heterocycles.